The molecule has 0 amide bonds. The van der Waals surface area contributed by atoms with E-state index in [0.717, 1.165) is 0 Å². The van der Waals surface area contributed by atoms with Crippen molar-refractivity contribution in [1.82, 2.24) is 15.0 Å². The van der Waals surface area contributed by atoms with Crippen molar-refractivity contribution in [2.24, 2.45) is 0 Å². The van der Waals surface area contributed by atoms with Gasteiger partial charge in [-0.25, -0.2) is 13.9 Å². The van der Waals surface area contributed by atoms with E-state index in [0.29, 0.717) is 11.3 Å². The lowest BCUT2D eigenvalue weighted by molar-refractivity contribution is 0.0518. The van der Waals surface area contributed by atoms with Crippen LogP contribution in [0.25, 0.3) is 0 Å². The summed E-state index contributed by atoms with van der Waals surface area (Å²) in [6.45, 7) is 2.16. The normalized spacial score (nSPS) is 10.7. The molecular weight excluding hydrogens is 320 g/mol. The maximum Gasteiger partial charge on any atom is 0.360 e. The van der Waals surface area contributed by atoms with Crippen LogP contribution in [0.1, 0.15) is 28.7 Å². The van der Waals surface area contributed by atoms with Crippen molar-refractivity contribution in [3.8, 4) is 0 Å². The van der Waals surface area contributed by atoms with Crippen LogP contribution in [-0.2, 0) is 17.2 Å². The van der Waals surface area contributed by atoms with Crippen molar-refractivity contribution in [2.75, 3.05) is 6.61 Å². The highest BCUT2D eigenvalue weighted by atomic mass is 35.5. The molecule has 0 spiro atoms. The molecule has 0 radical (unpaired) electrons. The Morgan fingerprint density at radius 2 is 2.24 bits per heavy atom. The Hall–Kier alpha value is -1.66. The molecule has 8 heteroatoms. The van der Waals surface area contributed by atoms with Gasteiger partial charge in [-0.2, -0.15) is 0 Å². The topological polar surface area (TPSA) is 57.0 Å². The Balaban J connectivity index is 2.30. The fourth-order valence-corrected chi connectivity index (χ4v) is 2.25. The molecule has 0 aliphatic rings. The largest absolute Gasteiger partial charge is 0.461 e. The van der Waals surface area contributed by atoms with Crippen LogP contribution in [0.15, 0.2) is 18.2 Å². The number of halogens is 3. The van der Waals surface area contributed by atoms with Gasteiger partial charge in [0.1, 0.15) is 5.82 Å². The van der Waals surface area contributed by atoms with E-state index in [2.05, 4.69) is 10.3 Å². The second kappa shape index (κ2) is 6.87. The number of nitrogens with zero attached hydrogens (tertiary/aromatic N) is 3. The number of hydrogen-bond donors (Lipinski definition) is 0. The number of ether oxygens (including phenoxy) is 1. The summed E-state index contributed by atoms with van der Waals surface area (Å²) in [5.74, 6) is -0.961. The Kier molecular flexibility index (Phi) is 5.14. The fourth-order valence-electron chi connectivity index (χ4n) is 1.76. The predicted octanol–water partition coefficient (Wildman–Crippen LogP) is 3.03. The molecule has 1 aromatic carbocycles. The number of benzene rings is 1. The highest BCUT2D eigenvalue weighted by Crippen LogP contribution is 2.20. The number of rotatable bonds is 5. The molecular formula is C13H12Cl2FN3O2. The third kappa shape index (κ3) is 3.51. The van der Waals surface area contributed by atoms with E-state index in [-0.39, 0.29) is 29.7 Å². The van der Waals surface area contributed by atoms with Crippen LogP contribution in [-0.4, -0.2) is 27.6 Å². The molecule has 0 N–H and O–H groups in total. The molecule has 0 saturated heterocycles. The molecule has 0 saturated carbocycles. The summed E-state index contributed by atoms with van der Waals surface area (Å²) in [5, 5.41) is 7.93. The highest BCUT2D eigenvalue weighted by Gasteiger charge is 2.20. The van der Waals surface area contributed by atoms with Gasteiger partial charge in [-0.1, -0.05) is 22.9 Å². The lowest BCUT2D eigenvalue weighted by atomic mass is 10.2. The molecule has 112 valence electrons. The summed E-state index contributed by atoms with van der Waals surface area (Å²) in [4.78, 5) is 11.7. The molecule has 5 nitrogen and oxygen atoms in total. The zero-order chi connectivity index (χ0) is 15.4. The minimum atomic E-state index is -0.579. The van der Waals surface area contributed by atoms with Crippen LogP contribution in [0, 0.1) is 5.82 Å². The second-order valence-corrected chi connectivity index (χ2v) is 4.81. The summed E-state index contributed by atoms with van der Waals surface area (Å²) < 4.78 is 19.4. The number of aromatic nitrogens is 3. The molecule has 0 atom stereocenters. The van der Waals surface area contributed by atoms with Gasteiger partial charge in [0, 0.05) is 5.02 Å². The third-order valence-electron chi connectivity index (χ3n) is 2.77. The van der Waals surface area contributed by atoms with Crippen molar-refractivity contribution in [3.63, 3.8) is 0 Å². The molecule has 2 aromatic rings. The van der Waals surface area contributed by atoms with Crippen LogP contribution >= 0.6 is 23.2 Å². The van der Waals surface area contributed by atoms with E-state index in [1.807, 2.05) is 0 Å². The van der Waals surface area contributed by atoms with Crippen LogP contribution in [0.5, 0.6) is 0 Å². The summed E-state index contributed by atoms with van der Waals surface area (Å²) in [5.41, 5.74) is 1.14. The Labute approximate surface area is 130 Å². The molecule has 0 bridgehead atoms. The Morgan fingerprint density at radius 3 is 2.86 bits per heavy atom. The third-order valence-corrected chi connectivity index (χ3v) is 3.37. The predicted molar refractivity (Wildman–Crippen MR) is 76.0 cm³/mol. The number of hydrogen-bond acceptors (Lipinski definition) is 4. The summed E-state index contributed by atoms with van der Waals surface area (Å²) in [7, 11) is 0. The van der Waals surface area contributed by atoms with Crippen LogP contribution in [0.3, 0.4) is 0 Å². The van der Waals surface area contributed by atoms with Gasteiger partial charge >= 0.3 is 5.97 Å². The van der Waals surface area contributed by atoms with Crippen molar-refractivity contribution in [1.29, 1.82) is 0 Å². The van der Waals surface area contributed by atoms with E-state index in [9.17, 15) is 9.18 Å². The average Bonchev–Trinajstić information content (AvgIpc) is 2.85. The van der Waals surface area contributed by atoms with Gasteiger partial charge < -0.3 is 4.74 Å². The molecule has 1 heterocycles. The van der Waals surface area contributed by atoms with Crippen molar-refractivity contribution >= 4 is 29.2 Å². The second-order valence-electron chi connectivity index (χ2n) is 4.13. The van der Waals surface area contributed by atoms with Gasteiger partial charge in [-0.05, 0) is 24.6 Å². The maximum absolute atomic E-state index is 13.0. The lowest BCUT2D eigenvalue weighted by Gasteiger charge is -2.07. The first-order chi connectivity index (χ1) is 10.1. The van der Waals surface area contributed by atoms with Crippen molar-refractivity contribution in [3.05, 3.63) is 46.0 Å². The maximum atomic E-state index is 13.0. The fraction of sp³-hybridized carbons (Fsp3) is 0.308. The molecule has 1 aromatic heterocycles. The van der Waals surface area contributed by atoms with Crippen LogP contribution < -0.4 is 0 Å². The van der Waals surface area contributed by atoms with Crippen LogP contribution in [0.2, 0.25) is 5.02 Å². The van der Waals surface area contributed by atoms with Gasteiger partial charge in [0.15, 0.2) is 5.69 Å². The van der Waals surface area contributed by atoms with Gasteiger partial charge in [0.2, 0.25) is 0 Å². The van der Waals surface area contributed by atoms with E-state index in [4.69, 9.17) is 27.9 Å². The lowest BCUT2D eigenvalue weighted by Crippen LogP contribution is -2.10. The standard InChI is InChI=1S/C13H12Cl2FN3O2/c1-2-21-13(20)12-11(6-14)19(18-17-12)7-8-3-4-9(16)5-10(8)15/h3-5H,2,6-7H2,1H3. The van der Waals surface area contributed by atoms with E-state index in [1.54, 1.807) is 13.0 Å². The summed E-state index contributed by atoms with van der Waals surface area (Å²) in [6, 6.07) is 4.05. The zero-order valence-electron chi connectivity index (χ0n) is 11.1. The first kappa shape index (κ1) is 15.7. The van der Waals surface area contributed by atoms with Gasteiger partial charge in [-0.3, -0.25) is 0 Å². The summed E-state index contributed by atoms with van der Waals surface area (Å²) in [6.07, 6.45) is 0. The zero-order valence-corrected chi connectivity index (χ0v) is 12.7. The first-order valence-corrected chi connectivity index (χ1v) is 7.07. The minimum Gasteiger partial charge on any atom is -0.461 e. The van der Waals surface area contributed by atoms with Gasteiger partial charge in [-0.15, -0.1) is 16.7 Å². The van der Waals surface area contributed by atoms with Crippen molar-refractivity contribution in [2.45, 2.75) is 19.3 Å². The van der Waals surface area contributed by atoms with E-state index < -0.39 is 11.8 Å². The Morgan fingerprint density at radius 1 is 1.48 bits per heavy atom. The SMILES string of the molecule is CCOC(=O)c1nnn(Cc2ccc(F)cc2Cl)c1CCl. The smallest absolute Gasteiger partial charge is 0.360 e. The number of alkyl halides is 1. The van der Waals surface area contributed by atoms with Gasteiger partial charge in [0.05, 0.1) is 24.7 Å². The summed E-state index contributed by atoms with van der Waals surface area (Å²) >= 11 is 11.8. The number of carbonyl (C=O) groups excluding carboxylic acids is 1. The van der Waals surface area contributed by atoms with E-state index >= 15 is 0 Å². The number of carbonyl (C=O) groups is 1. The van der Waals surface area contributed by atoms with E-state index in [1.165, 1.54) is 16.8 Å². The molecule has 0 aliphatic carbocycles. The molecule has 0 aliphatic heterocycles. The average molecular weight is 332 g/mol. The molecule has 21 heavy (non-hydrogen) atoms. The monoisotopic (exact) mass is 331 g/mol. The molecule has 2 rings (SSSR count). The Bertz CT molecular complexity index is 661. The first-order valence-electron chi connectivity index (χ1n) is 6.16. The van der Waals surface area contributed by atoms with Gasteiger partial charge in [0.25, 0.3) is 0 Å². The molecule has 0 unspecified atom stereocenters. The quantitative estimate of drug-likeness (QED) is 0.624. The minimum absolute atomic E-state index is 0.0416. The number of esters is 1. The van der Waals surface area contributed by atoms with Crippen LogP contribution in [0.4, 0.5) is 4.39 Å². The van der Waals surface area contributed by atoms with Crippen molar-refractivity contribution < 1.29 is 13.9 Å². The highest BCUT2D eigenvalue weighted by molar-refractivity contribution is 6.31. The molecule has 0 fully saturated rings.